The van der Waals surface area contributed by atoms with Gasteiger partial charge in [-0.05, 0) is 31.8 Å². The highest BCUT2D eigenvalue weighted by Crippen LogP contribution is 2.32. The van der Waals surface area contributed by atoms with Crippen LogP contribution in [0, 0.1) is 17.2 Å². The van der Waals surface area contributed by atoms with E-state index in [1.165, 1.54) is 25.9 Å². The molecule has 13 heavy (non-hydrogen) atoms. The Morgan fingerprint density at radius 3 is 2.38 bits per heavy atom. The minimum absolute atomic E-state index is 0. The summed E-state index contributed by atoms with van der Waals surface area (Å²) in [7, 11) is 0. The number of amidine groups is 1. The summed E-state index contributed by atoms with van der Waals surface area (Å²) in [6, 6.07) is 0. The average Bonchev–Trinajstić information content (AvgIpc) is 2.18. The van der Waals surface area contributed by atoms with Crippen molar-refractivity contribution in [3.05, 3.63) is 0 Å². The van der Waals surface area contributed by atoms with Crippen molar-refractivity contribution in [3.8, 4) is 0 Å². The van der Waals surface area contributed by atoms with Crippen molar-refractivity contribution in [2.75, 3.05) is 19.6 Å². The van der Waals surface area contributed by atoms with Crippen molar-refractivity contribution in [3.63, 3.8) is 0 Å². The number of hydroxylamine groups is 1. The standard InChI is InChI=1S/C8H15N3O.ClH/c9-8(10-12)7-5-11-3-1-6(7)2-4-11;/h6-7,12H,1-5H2,(H2,9,10);1H. The molecule has 4 nitrogen and oxygen atoms in total. The van der Waals surface area contributed by atoms with Crippen LogP contribution in [0.1, 0.15) is 12.8 Å². The molecule has 3 saturated heterocycles. The summed E-state index contributed by atoms with van der Waals surface area (Å²) in [5, 5.41) is 16.1. The number of nitrogens with one attached hydrogen (secondary N) is 2. The number of hydrogen-bond donors (Lipinski definition) is 3. The fourth-order valence-electron chi connectivity index (χ4n) is 2.38. The van der Waals surface area contributed by atoms with Crippen LogP contribution in [0.5, 0.6) is 0 Å². The average molecular weight is 206 g/mol. The molecule has 3 aliphatic heterocycles. The van der Waals surface area contributed by atoms with Crippen molar-refractivity contribution in [2.24, 2.45) is 11.8 Å². The van der Waals surface area contributed by atoms with Gasteiger partial charge in [0.25, 0.3) is 0 Å². The van der Waals surface area contributed by atoms with Crippen LogP contribution in [0.15, 0.2) is 0 Å². The molecule has 0 aliphatic carbocycles. The molecule has 0 aromatic carbocycles. The van der Waals surface area contributed by atoms with Gasteiger partial charge in [0, 0.05) is 12.5 Å². The van der Waals surface area contributed by atoms with Crippen LogP contribution < -0.4 is 5.48 Å². The van der Waals surface area contributed by atoms with Crippen LogP contribution >= 0.6 is 12.4 Å². The molecule has 3 N–H and O–H groups in total. The maximum atomic E-state index is 8.62. The number of fused-ring (bicyclic) bond motifs is 3. The Bertz CT molecular complexity index is 192. The molecule has 1 unspecified atom stereocenters. The quantitative estimate of drug-likeness (QED) is 0.336. The minimum Gasteiger partial charge on any atom is -0.303 e. The molecule has 76 valence electrons. The third-order valence-corrected chi connectivity index (χ3v) is 3.15. The zero-order valence-corrected chi connectivity index (χ0v) is 8.31. The molecule has 3 aliphatic rings. The third-order valence-electron chi connectivity index (χ3n) is 3.15. The normalized spacial score (nSPS) is 36.5. The van der Waals surface area contributed by atoms with Gasteiger partial charge in [0.05, 0.1) is 0 Å². The van der Waals surface area contributed by atoms with Gasteiger partial charge in [0.15, 0.2) is 0 Å². The summed E-state index contributed by atoms with van der Waals surface area (Å²) in [4.78, 5) is 2.37. The monoisotopic (exact) mass is 205 g/mol. The highest BCUT2D eigenvalue weighted by molar-refractivity contribution is 5.85. The summed E-state index contributed by atoms with van der Waals surface area (Å²) in [5.41, 5.74) is 1.98. The fraction of sp³-hybridized carbons (Fsp3) is 0.875. The number of hydrogen-bond acceptors (Lipinski definition) is 3. The summed E-state index contributed by atoms with van der Waals surface area (Å²) < 4.78 is 0. The smallest absolute Gasteiger partial charge is 0.122 e. The summed E-state index contributed by atoms with van der Waals surface area (Å²) in [5.74, 6) is 1.17. The van der Waals surface area contributed by atoms with E-state index in [1.807, 2.05) is 5.48 Å². The zero-order valence-electron chi connectivity index (χ0n) is 7.49. The van der Waals surface area contributed by atoms with Crippen molar-refractivity contribution in [1.82, 2.24) is 10.4 Å². The van der Waals surface area contributed by atoms with Gasteiger partial charge in [-0.15, -0.1) is 12.4 Å². The van der Waals surface area contributed by atoms with Crippen molar-refractivity contribution in [1.29, 1.82) is 5.41 Å². The molecular formula is C8H16ClN3O. The molecular weight excluding hydrogens is 190 g/mol. The molecule has 0 aromatic rings. The molecule has 0 aromatic heterocycles. The molecule has 0 spiro atoms. The van der Waals surface area contributed by atoms with Gasteiger partial charge in [-0.25, -0.2) is 0 Å². The van der Waals surface area contributed by atoms with E-state index >= 15 is 0 Å². The lowest BCUT2D eigenvalue weighted by molar-refractivity contribution is 0.0742. The van der Waals surface area contributed by atoms with Gasteiger partial charge in [0.2, 0.25) is 0 Å². The van der Waals surface area contributed by atoms with E-state index in [2.05, 4.69) is 4.90 Å². The lowest BCUT2D eigenvalue weighted by Crippen LogP contribution is -2.52. The van der Waals surface area contributed by atoms with Crippen LogP contribution in [0.4, 0.5) is 0 Å². The van der Waals surface area contributed by atoms with E-state index in [0.717, 1.165) is 6.54 Å². The molecule has 3 heterocycles. The number of nitrogens with zero attached hydrogens (tertiary/aromatic N) is 1. The highest BCUT2D eigenvalue weighted by Gasteiger charge is 2.36. The van der Waals surface area contributed by atoms with Crippen molar-refractivity contribution < 1.29 is 5.21 Å². The first-order chi connectivity index (χ1) is 5.81. The Labute approximate surface area is 84.2 Å². The van der Waals surface area contributed by atoms with Crippen molar-refractivity contribution >= 4 is 18.2 Å². The van der Waals surface area contributed by atoms with E-state index in [0.29, 0.717) is 11.8 Å². The van der Waals surface area contributed by atoms with Gasteiger partial charge in [0.1, 0.15) is 5.84 Å². The van der Waals surface area contributed by atoms with Gasteiger partial charge in [-0.3, -0.25) is 16.1 Å². The van der Waals surface area contributed by atoms with Crippen molar-refractivity contribution in [2.45, 2.75) is 12.8 Å². The molecule has 2 bridgehead atoms. The fourth-order valence-corrected chi connectivity index (χ4v) is 2.38. The van der Waals surface area contributed by atoms with E-state index in [-0.39, 0.29) is 18.3 Å². The second-order valence-electron chi connectivity index (χ2n) is 3.77. The number of rotatable bonds is 1. The molecule has 1 atom stereocenters. The molecule has 5 heteroatoms. The molecule has 0 saturated carbocycles. The van der Waals surface area contributed by atoms with E-state index in [4.69, 9.17) is 10.6 Å². The van der Waals surface area contributed by atoms with E-state index in [1.54, 1.807) is 0 Å². The largest absolute Gasteiger partial charge is 0.303 e. The second kappa shape index (κ2) is 4.26. The van der Waals surface area contributed by atoms with Gasteiger partial charge >= 0.3 is 0 Å². The highest BCUT2D eigenvalue weighted by atomic mass is 35.5. The molecule has 3 fully saturated rings. The zero-order chi connectivity index (χ0) is 8.55. The van der Waals surface area contributed by atoms with E-state index < -0.39 is 0 Å². The predicted octanol–water partition coefficient (Wildman–Crippen LogP) is 0.706. The van der Waals surface area contributed by atoms with E-state index in [9.17, 15) is 0 Å². The van der Waals surface area contributed by atoms with Gasteiger partial charge in [-0.1, -0.05) is 0 Å². The first kappa shape index (κ1) is 10.8. The lowest BCUT2D eigenvalue weighted by atomic mass is 9.78. The van der Waals surface area contributed by atoms with Crippen LogP contribution in [0.3, 0.4) is 0 Å². The topological polar surface area (TPSA) is 59.4 Å². The third kappa shape index (κ3) is 1.95. The van der Waals surface area contributed by atoms with Crippen LogP contribution in [0.25, 0.3) is 0 Å². The molecule has 3 rings (SSSR count). The molecule has 0 amide bonds. The molecule has 0 radical (unpaired) electrons. The van der Waals surface area contributed by atoms with Crippen LogP contribution in [0.2, 0.25) is 0 Å². The Balaban J connectivity index is 0.000000845. The summed E-state index contributed by atoms with van der Waals surface area (Å²) in [6.45, 7) is 3.32. The SMILES string of the molecule is Cl.N=C(NO)C1CN2CCC1CC2. The maximum absolute atomic E-state index is 8.62. The number of piperidine rings is 3. The maximum Gasteiger partial charge on any atom is 0.122 e. The first-order valence-corrected chi connectivity index (χ1v) is 4.52. The van der Waals surface area contributed by atoms with Crippen LogP contribution in [-0.2, 0) is 0 Å². The Morgan fingerprint density at radius 1 is 1.38 bits per heavy atom. The Morgan fingerprint density at radius 2 is 2.00 bits per heavy atom. The number of halogens is 1. The Hall–Kier alpha value is -0.320. The Kier molecular flexibility index (Phi) is 3.53. The minimum atomic E-state index is 0. The summed E-state index contributed by atoms with van der Waals surface area (Å²) >= 11 is 0. The second-order valence-corrected chi connectivity index (χ2v) is 3.77. The summed E-state index contributed by atoms with van der Waals surface area (Å²) in [6.07, 6.45) is 2.38. The predicted molar refractivity (Wildman–Crippen MR) is 52.6 cm³/mol. The first-order valence-electron chi connectivity index (χ1n) is 4.52. The van der Waals surface area contributed by atoms with Crippen LogP contribution in [-0.4, -0.2) is 35.6 Å². The van der Waals surface area contributed by atoms with Gasteiger partial charge in [-0.2, -0.15) is 0 Å². The van der Waals surface area contributed by atoms with Gasteiger partial charge < -0.3 is 4.90 Å². The lowest BCUT2D eigenvalue weighted by Gasteiger charge is -2.44.